The van der Waals surface area contributed by atoms with Crippen LogP contribution in [-0.4, -0.2) is 49.4 Å². The second kappa shape index (κ2) is 10.1. The molecule has 0 radical (unpaired) electrons. The van der Waals surface area contributed by atoms with Gasteiger partial charge in [0.25, 0.3) is 0 Å². The summed E-state index contributed by atoms with van der Waals surface area (Å²) in [5.74, 6) is 1.27. The summed E-state index contributed by atoms with van der Waals surface area (Å²) in [4.78, 5) is 29.7. The number of carbonyl (C=O) groups is 2. The zero-order chi connectivity index (χ0) is 20.8. The minimum absolute atomic E-state index is 0.0874. The molecule has 1 saturated heterocycles. The van der Waals surface area contributed by atoms with Gasteiger partial charge in [-0.1, -0.05) is 26.0 Å². The lowest BCUT2D eigenvalue weighted by molar-refractivity contribution is -0.138. The Morgan fingerprint density at radius 1 is 1.03 bits per heavy atom. The van der Waals surface area contributed by atoms with E-state index in [4.69, 9.17) is 0 Å². The summed E-state index contributed by atoms with van der Waals surface area (Å²) in [6.07, 6.45) is 4.40. The maximum atomic E-state index is 13.0. The Hall–Kier alpha value is -2.04. The first-order valence-corrected chi connectivity index (χ1v) is 11.3. The first-order chi connectivity index (χ1) is 13.9. The van der Waals surface area contributed by atoms with Gasteiger partial charge in [-0.2, -0.15) is 0 Å². The first kappa shape index (κ1) is 21.7. The third kappa shape index (κ3) is 5.97. The molecule has 1 N–H and O–H groups in total. The highest BCUT2D eigenvalue weighted by Crippen LogP contribution is 2.31. The number of piperazine rings is 1. The summed E-state index contributed by atoms with van der Waals surface area (Å²) in [6, 6.07) is 8.58. The number of aryl methyl sites for hydroxylation is 1. The number of hydrogen-bond acceptors (Lipinski definition) is 3. The number of benzene rings is 1. The lowest BCUT2D eigenvalue weighted by atomic mass is 9.80. The van der Waals surface area contributed by atoms with Crippen molar-refractivity contribution in [3.8, 4) is 0 Å². The maximum absolute atomic E-state index is 13.0. The molecule has 5 nitrogen and oxygen atoms in total. The van der Waals surface area contributed by atoms with Crippen molar-refractivity contribution in [2.45, 2.75) is 52.9 Å². The van der Waals surface area contributed by atoms with E-state index in [9.17, 15) is 9.59 Å². The normalized spacial score (nSPS) is 22.6. The molecule has 1 heterocycles. The molecule has 1 aliphatic carbocycles. The molecule has 0 atom stereocenters. The minimum Gasteiger partial charge on any atom is -0.368 e. The van der Waals surface area contributed by atoms with Crippen molar-refractivity contribution in [1.82, 2.24) is 10.2 Å². The van der Waals surface area contributed by atoms with Crippen molar-refractivity contribution in [3.05, 3.63) is 29.8 Å². The fourth-order valence-corrected chi connectivity index (χ4v) is 4.50. The summed E-state index contributed by atoms with van der Waals surface area (Å²) < 4.78 is 0. The zero-order valence-corrected chi connectivity index (χ0v) is 18.3. The fourth-order valence-electron chi connectivity index (χ4n) is 4.50. The van der Waals surface area contributed by atoms with E-state index in [1.807, 2.05) is 4.90 Å². The molecule has 0 bridgehead atoms. The average Bonchev–Trinajstić information content (AvgIpc) is 2.73. The molecular formula is C24H37N3O2. The monoisotopic (exact) mass is 399 g/mol. The van der Waals surface area contributed by atoms with E-state index in [1.165, 1.54) is 11.3 Å². The van der Waals surface area contributed by atoms with Crippen LogP contribution in [-0.2, 0) is 9.59 Å². The molecule has 3 rings (SSSR count). The summed E-state index contributed by atoms with van der Waals surface area (Å²) >= 11 is 0. The Morgan fingerprint density at radius 3 is 2.31 bits per heavy atom. The number of rotatable bonds is 6. The van der Waals surface area contributed by atoms with Gasteiger partial charge in [0.2, 0.25) is 11.8 Å². The van der Waals surface area contributed by atoms with Gasteiger partial charge in [-0.15, -0.1) is 0 Å². The summed E-state index contributed by atoms with van der Waals surface area (Å²) in [7, 11) is 0. The zero-order valence-electron chi connectivity index (χ0n) is 18.3. The molecule has 1 aliphatic heterocycles. The summed E-state index contributed by atoms with van der Waals surface area (Å²) in [6.45, 7) is 10.6. The second-order valence-corrected chi connectivity index (χ2v) is 9.17. The predicted molar refractivity (Wildman–Crippen MR) is 118 cm³/mol. The number of nitrogens with zero attached hydrogens (tertiary/aromatic N) is 2. The van der Waals surface area contributed by atoms with Crippen LogP contribution in [0.4, 0.5) is 5.69 Å². The first-order valence-electron chi connectivity index (χ1n) is 11.3. The Morgan fingerprint density at radius 2 is 1.69 bits per heavy atom. The van der Waals surface area contributed by atoms with Gasteiger partial charge in [-0.3, -0.25) is 9.59 Å². The number of carbonyl (C=O) groups excluding carboxylic acids is 2. The van der Waals surface area contributed by atoms with E-state index in [-0.39, 0.29) is 17.7 Å². The number of hydrogen-bond donors (Lipinski definition) is 1. The Bertz CT molecular complexity index is 687. The van der Waals surface area contributed by atoms with Crippen molar-refractivity contribution >= 4 is 17.5 Å². The smallest absolute Gasteiger partial charge is 0.225 e. The van der Waals surface area contributed by atoms with Gasteiger partial charge in [-0.25, -0.2) is 0 Å². The standard InChI is InChI=1S/C24H37N3O2/c1-18(2)11-12-25-23(28)20-7-9-21(10-8-20)24(29)27-15-13-26(14-16-27)22-6-4-5-19(3)17-22/h4-6,17-18,20-21H,7-16H2,1-3H3,(H,25,28). The second-order valence-electron chi connectivity index (χ2n) is 9.17. The molecule has 1 aromatic rings. The van der Waals surface area contributed by atoms with Gasteiger partial charge < -0.3 is 15.1 Å². The topological polar surface area (TPSA) is 52.7 Å². The van der Waals surface area contributed by atoms with Crippen LogP contribution in [0.2, 0.25) is 0 Å². The van der Waals surface area contributed by atoms with Crippen LogP contribution < -0.4 is 10.2 Å². The molecule has 0 unspecified atom stereocenters. The fraction of sp³-hybridized carbons (Fsp3) is 0.667. The largest absolute Gasteiger partial charge is 0.368 e. The van der Waals surface area contributed by atoms with Crippen LogP contribution in [0.15, 0.2) is 24.3 Å². The van der Waals surface area contributed by atoms with E-state index in [0.717, 1.165) is 64.8 Å². The maximum Gasteiger partial charge on any atom is 0.225 e. The van der Waals surface area contributed by atoms with Gasteiger partial charge in [0, 0.05) is 50.2 Å². The summed E-state index contributed by atoms with van der Waals surface area (Å²) in [5, 5.41) is 3.08. The molecule has 2 aliphatic rings. The van der Waals surface area contributed by atoms with Crippen LogP contribution >= 0.6 is 0 Å². The van der Waals surface area contributed by atoms with E-state index in [1.54, 1.807) is 0 Å². The van der Waals surface area contributed by atoms with Gasteiger partial charge >= 0.3 is 0 Å². The third-order valence-corrected chi connectivity index (χ3v) is 6.43. The molecule has 2 fully saturated rings. The summed E-state index contributed by atoms with van der Waals surface area (Å²) in [5.41, 5.74) is 2.52. The van der Waals surface area contributed by atoms with E-state index in [0.29, 0.717) is 11.8 Å². The van der Waals surface area contributed by atoms with Crippen LogP contribution in [0, 0.1) is 24.7 Å². The lowest BCUT2D eigenvalue weighted by Gasteiger charge is -2.38. The number of amides is 2. The highest BCUT2D eigenvalue weighted by atomic mass is 16.2. The van der Waals surface area contributed by atoms with Crippen LogP contribution in [0.3, 0.4) is 0 Å². The van der Waals surface area contributed by atoms with Crippen molar-refractivity contribution in [1.29, 1.82) is 0 Å². The quantitative estimate of drug-likeness (QED) is 0.795. The molecule has 0 aromatic heterocycles. The molecule has 160 valence electrons. The Balaban J connectivity index is 1.41. The van der Waals surface area contributed by atoms with E-state index < -0.39 is 0 Å². The molecule has 29 heavy (non-hydrogen) atoms. The number of anilines is 1. The molecule has 5 heteroatoms. The van der Waals surface area contributed by atoms with Crippen molar-refractivity contribution in [2.24, 2.45) is 17.8 Å². The molecule has 1 saturated carbocycles. The van der Waals surface area contributed by atoms with Crippen molar-refractivity contribution < 1.29 is 9.59 Å². The Labute approximate surface area is 175 Å². The average molecular weight is 400 g/mol. The molecular weight excluding hydrogens is 362 g/mol. The van der Waals surface area contributed by atoms with Gasteiger partial charge in [0.15, 0.2) is 0 Å². The molecule has 2 amide bonds. The van der Waals surface area contributed by atoms with Crippen LogP contribution in [0.5, 0.6) is 0 Å². The van der Waals surface area contributed by atoms with Crippen molar-refractivity contribution in [2.75, 3.05) is 37.6 Å². The van der Waals surface area contributed by atoms with E-state index >= 15 is 0 Å². The third-order valence-electron chi connectivity index (χ3n) is 6.43. The molecule has 1 aromatic carbocycles. The van der Waals surface area contributed by atoms with E-state index in [2.05, 4.69) is 55.3 Å². The van der Waals surface area contributed by atoms with Gasteiger partial charge in [0.1, 0.15) is 0 Å². The van der Waals surface area contributed by atoms with Gasteiger partial charge in [0.05, 0.1) is 0 Å². The minimum atomic E-state index is 0.0874. The van der Waals surface area contributed by atoms with Crippen LogP contribution in [0.1, 0.15) is 51.5 Å². The number of nitrogens with one attached hydrogen (secondary N) is 1. The SMILES string of the molecule is Cc1cccc(N2CCN(C(=O)C3CCC(C(=O)NCCC(C)C)CC3)CC2)c1. The van der Waals surface area contributed by atoms with Crippen LogP contribution in [0.25, 0.3) is 0 Å². The highest BCUT2D eigenvalue weighted by molar-refractivity contribution is 5.81. The van der Waals surface area contributed by atoms with Crippen molar-refractivity contribution in [3.63, 3.8) is 0 Å². The predicted octanol–water partition coefficient (Wildman–Crippen LogP) is 3.61. The highest BCUT2D eigenvalue weighted by Gasteiger charge is 2.33. The molecule has 0 spiro atoms. The van der Waals surface area contributed by atoms with Gasteiger partial charge in [-0.05, 0) is 62.6 Å². The Kier molecular flexibility index (Phi) is 7.57. The lowest BCUT2D eigenvalue weighted by Crippen LogP contribution is -2.51.